The largest absolute Gasteiger partial charge is 0.478 e. The Hall–Kier alpha value is -1.25. The second kappa shape index (κ2) is 4.12. The van der Waals surface area contributed by atoms with Gasteiger partial charge in [0.1, 0.15) is 0 Å². The van der Waals surface area contributed by atoms with Crippen LogP contribution in [0.1, 0.15) is 19.3 Å². The van der Waals surface area contributed by atoms with Crippen molar-refractivity contribution in [3.8, 4) is 0 Å². The first kappa shape index (κ1) is 9.84. The molecule has 0 heterocycles. The fraction of sp³-hybridized carbons (Fsp3) is 0.500. The van der Waals surface area contributed by atoms with Crippen LogP contribution in [0, 0.1) is 0 Å². The van der Waals surface area contributed by atoms with E-state index in [2.05, 4.69) is 0 Å². The summed E-state index contributed by atoms with van der Waals surface area (Å²) in [5, 5.41) is 8.57. The predicted molar refractivity (Wildman–Crippen MR) is 51.3 cm³/mol. The van der Waals surface area contributed by atoms with Crippen LogP contribution in [0.15, 0.2) is 23.4 Å². The zero-order valence-electron chi connectivity index (χ0n) is 8.08. The number of hydrogen-bond acceptors (Lipinski definition) is 2. The van der Waals surface area contributed by atoms with Crippen molar-refractivity contribution in [3.05, 3.63) is 23.4 Å². The van der Waals surface area contributed by atoms with E-state index in [0.717, 1.165) is 24.8 Å². The molecule has 3 heteroatoms. The Morgan fingerprint density at radius 3 is 2.77 bits per heavy atom. The molecule has 1 N–H and O–H groups in total. The van der Waals surface area contributed by atoms with Crippen molar-refractivity contribution in [1.29, 1.82) is 0 Å². The number of nitrogens with zero attached hydrogens (tertiary/aromatic N) is 1. The second-order valence-corrected chi connectivity index (χ2v) is 3.44. The number of carbonyl (C=O) groups is 1. The summed E-state index contributed by atoms with van der Waals surface area (Å²) in [4.78, 5) is 12.5. The normalized spacial score (nSPS) is 19.8. The van der Waals surface area contributed by atoms with Gasteiger partial charge in [0.05, 0.1) is 0 Å². The zero-order chi connectivity index (χ0) is 9.84. The van der Waals surface area contributed by atoms with Crippen LogP contribution in [0.5, 0.6) is 0 Å². The van der Waals surface area contributed by atoms with Crippen LogP contribution in [0.25, 0.3) is 0 Å². The van der Waals surface area contributed by atoms with Crippen molar-refractivity contribution in [3.63, 3.8) is 0 Å². The quantitative estimate of drug-likeness (QED) is 0.658. The van der Waals surface area contributed by atoms with Crippen LogP contribution in [0.3, 0.4) is 0 Å². The summed E-state index contributed by atoms with van der Waals surface area (Å²) < 4.78 is 0. The molecule has 1 aliphatic rings. The van der Waals surface area contributed by atoms with Crippen LogP contribution < -0.4 is 0 Å². The lowest BCUT2D eigenvalue weighted by Crippen LogP contribution is -2.13. The first-order valence-corrected chi connectivity index (χ1v) is 4.41. The summed E-state index contributed by atoms with van der Waals surface area (Å²) in [5.74, 6) is -0.855. The smallest absolute Gasteiger partial charge is 0.328 e. The van der Waals surface area contributed by atoms with Gasteiger partial charge in [-0.1, -0.05) is 0 Å². The monoisotopic (exact) mass is 181 g/mol. The Kier molecular flexibility index (Phi) is 3.12. The fourth-order valence-electron chi connectivity index (χ4n) is 1.46. The Balaban J connectivity index is 2.79. The van der Waals surface area contributed by atoms with Gasteiger partial charge >= 0.3 is 5.97 Å². The molecule has 0 aromatic carbocycles. The SMILES string of the molecule is CN(C)C1=C/C(=C/C(=O)O)CCC1. The Bertz CT molecular complexity index is 264. The highest BCUT2D eigenvalue weighted by Gasteiger charge is 2.09. The number of aliphatic carboxylic acids is 1. The molecule has 72 valence electrons. The maximum atomic E-state index is 10.4. The number of carboxylic acid groups (broad SMARTS) is 1. The van der Waals surface area contributed by atoms with E-state index in [4.69, 9.17) is 5.11 Å². The summed E-state index contributed by atoms with van der Waals surface area (Å²) in [5.41, 5.74) is 2.13. The van der Waals surface area contributed by atoms with E-state index in [1.54, 1.807) is 0 Å². The number of allylic oxidation sites excluding steroid dienone is 3. The van der Waals surface area contributed by atoms with Gasteiger partial charge in [-0.15, -0.1) is 0 Å². The van der Waals surface area contributed by atoms with Gasteiger partial charge in [0.25, 0.3) is 0 Å². The van der Waals surface area contributed by atoms with E-state index in [-0.39, 0.29) is 0 Å². The minimum atomic E-state index is -0.855. The highest BCUT2D eigenvalue weighted by atomic mass is 16.4. The van der Waals surface area contributed by atoms with E-state index in [1.807, 2.05) is 25.1 Å². The van der Waals surface area contributed by atoms with Crippen molar-refractivity contribution in [2.24, 2.45) is 0 Å². The number of rotatable bonds is 2. The van der Waals surface area contributed by atoms with Crippen molar-refractivity contribution in [2.75, 3.05) is 14.1 Å². The van der Waals surface area contributed by atoms with Crippen LogP contribution in [0.2, 0.25) is 0 Å². The third-order valence-electron chi connectivity index (χ3n) is 2.13. The highest BCUT2D eigenvalue weighted by molar-refractivity contribution is 5.81. The van der Waals surface area contributed by atoms with E-state index >= 15 is 0 Å². The molecule has 3 nitrogen and oxygen atoms in total. The molecular weight excluding hydrogens is 166 g/mol. The van der Waals surface area contributed by atoms with Crippen LogP contribution in [-0.2, 0) is 4.79 Å². The van der Waals surface area contributed by atoms with Gasteiger partial charge in [-0.25, -0.2) is 4.79 Å². The maximum absolute atomic E-state index is 10.4. The second-order valence-electron chi connectivity index (χ2n) is 3.44. The molecule has 0 aromatic heterocycles. The Morgan fingerprint density at radius 1 is 1.54 bits per heavy atom. The van der Waals surface area contributed by atoms with Gasteiger partial charge in [-0.2, -0.15) is 0 Å². The van der Waals surface area contributed by atoms with Gasteiger partial charge in [-0.3, -0.25) is 0 Å². The molecule has 1 rings (SSSR count). The molecule has 0 saturated carbocycles. The van der Waals surface area contributed by atoms with E-state index in [9.17, 15) is 4.79 Å². The number of hydrogen-bond donors (Lipinski definition) is 1. The average Bonchev–Trinajstić information content (AvgIpc) is 2.03. The van der Waals surface area contributed by atoms with Crippen molar-refractivity contribution in [1.82, 2.24) is 4.90 Å². The topological polar surface area (TPSA) is 40.5 Å². The number of carboxylic acids is 1. The highest BCUT2D eigenvalue weighted by Crippen LogP contribution is 2.22. The summed E-state index contributed by atoms with van der Waals surface area (Å²) >= 11 is 0. The fourth-order valence-corrected chi connectivity index (χ4v) is 1.46. The first-order valence-electron chi connectivity index (χ1n) is 4.41. The van der Waals surface area contributed by atoms with E-state index in [0.29, 0.717) is 0 Å². The summed E-state index contributed by atoms with van der Waals surface area (Å²) in [6.07, 6.45) is 6.23. The molecule has 13 heavy (non-hydrogen) atoms. The Labute approximate surface area is 78.4 Å². The minimum Gasteiger partial charge on any atom is -0.478 e. The van der Waals surface area contributed by atoms with Crippen LogP contribution in [0.4, 0.5) is 0 Å². The van der Waals surface area contributed by atoms with Crippen LogP contribution in [-0.4, -0.2) is 30.1 Å². The van der Waals surface area contributed by atoms with Crippen molar-refractivity contribution in [2.45, 2.75) is 19.3 Å². The molecule has 0 radical (unpaired) electrons. The zero-order valence-corrected chi connectivity index (χ0v) is 8.08. The third kappa shape index (κ3) is 2.93. The lowest BCUT2D eigenvalue weighted by atomic mass is 9.98. The first-order chi connectivity index (χ1) is 6.09. The molecule has 0 atom stereocenters. The lowest BCUT2D eigenvalue weighted by molar-refractivity contribution is -0.131. The van der Waals surface area contributed by atoms with E-state index < -0.39 is 5.97 Å². The third-order valence-corrected chi connectivity index (χ3v) is 2.13. The van der Waals surface area contributed by atoms with Gasteiger partial charge in [0, 0.05) is 25.9 Å². The molecule has 0 amide bonds. The van der Waals surface area contributed by atoms with Gasteiger partial charge in [0.15, 0.2) is 0 Å². The molecule has 0 bridgehead atoms. The van der Waals surface area contributed by atoms with Gasteiger partial charge in [-0.05, 0) is 30.9 Å². The van der Waals surface area contributed by atoms with Gasteiger partial charge < -0.3 is 10.0 Å². The maximum Gasteiger partial charge on any atom is 0.328 e. The average molecular weight is 181 g/mol. The minimum absolute atomic E-state index is 0.855. The van der Waals surface area contributed by atoms with Crippen molar-refractivity contribution < 1.29 is 9.90 Å². The molecule has 0 spiro atoms. The van der Waals surface area contributed by atoms with Gasteiger partial charge in [0.2, 0.25) is 0 Å². The predicted octanol–water partition coefficient (Wildman–Crippen LogP) is 1.63. The van der Waals surface area contributed by atoms with Crippen molar-refractivity contribution >= 4 is 5.97 Å². The lowest BCUT2D eigenvalue weighted by Gasteiger charge is -2.21. The molecule has 0 aliphatic heterocycles. The standard InChI is InChI=1S/C10H15NO2/c1-11(2)9-5-3-4-8(6-9)7-10(12)13/h6-7H,3-5H2,1-2H3,(H,12,13)/b8-7+. The van der Waals surface area contributed by atoms with E-state index in [1.165, 1.54) is 11.8 Å². The van der Waals surface area contributed by atoms with Crippen LogP contribution >= 0.6 is 0 Å². The molecule has 0 unspecified atom stereocenters. The Morgan fingerprint density at radius 2 is 2.23 bits per heavy atom. The summed E-state index contributed by atoms with van der Waals surface area (Å²) in [6.45, 7) is 0. The molecule has 0 aromatic rings. The molecule has 1 aliphatic carbocycles. The summed E-state index contributed by atoms with van der Waals surface area (Å²) in [6, 6.07) is 0. The summed E-state index contributed by atoms with van der Waals surface area (Å²) in [7, 11) is 3.96. The molecule has 0 fully saturated rings. The molecular formula is C10H15NO2. The molecule has 0 saturated heterocycles.